The fourth-order valence-corrected chi connectivity index (χ4v) is 2.22. The van der Waals surface area contributed by atoms with Crippen molar-refractivity contribution in [3.8, 4) is 17.2 Å². The monoisotopic (exact) mass is 288 g/mol. The maximum absolute atomic E-state index is 9.56. The van der Waals surface area contributed by atoms with E-state index in [9.17, 15) is 5.11 Å². The number of hydrogen-bond donors (Lipinski definition) is 1. The van der Waals surface area contributed by atoms with Crippen molar-refractivity contribution in [2.45, 2.75) is 20.1 Å². The van der Waals surface area contributed by atoms with Gasteiger partial charge in [0.2, 0.25) is 0 Å². The molecule has 2 aromatic rings. The Morgan fingerprint density at radius 2 is 1.71 bits per heavy atom. The third-order valence-electron chi connectivity index (χ3n) is 3.33. The van der Waals surface area contributed by atoms with Crippen LogP contribution in [0.2, 0.25) is 0 Å². The number of aliphatic hydroxyl groups is 1. The first-order chi connectivity index (χ1) is 10.2. The fourth-order valence-electron chi connectivity index (χ4n) is 2.22. The van der Waals surface area contributed by atoms with E-state index in [1.165, 1.54) is 0 Å². The molecule has 1 N–H and O–H groups in total. The van der Waals surface area contributed by atoms with Crippen LogP contribution in [0.3, 0.4) is 0 Å². The zero-order valence-corrected chi connectivity index (χ0v) is 12.6. The Morgan fingerprint density at radius 1 is 1.00 bits per heavy atom. The second kappa shape index (κ2) is 6.99. The Bertz CT molecular complexity index is 593. The summed E-state index contributed by atoms with van der Waals surface area (Å²) in [6, 6.07) is 11.6. The Hall–Kier alpha value is -2.20. The number of rotatable bonds is 6. The molecule has 0 heterocycles. The molecule has 4 nitrogen and oxygen atoms in total. The first-order valence-electron chi connectivity index (χ1n) is 6.73. The van der Waals surface area contributed by atoms with Crippen molar-refractivity contribution in [3.63, 3.8) is 0 Å². The van der Waals surface area contributed by atoms with Crippen LogP contribution in [0.5, 0.6) is 17.2 Å². The minimum Gasteiger partial charge on any atom is -0.496 e. The molecule has 0 saturated heterocycles. The van der Waals surface area contributed by atoms with Crippen molar-refractivity contribution in [2.75, 3.05) is 14.2 Å². The Labute approximate surface area is 124 Å². The first-order valence-corrected chi connectivity index (χ1v) is 6.73. The molecule has 0 atom stereocenters. The van der Waals surface area contributed by atoms with Crippen LogP contribution in [0.25, 0.3) is 0 Å². The van der Waals surface area contributed by atoms with E-state index in [1.807, 2.05) is 37.3 Å². The van der Waals surface area contributed by atoms with E-state index in [-0.39, 0.29) is 6.61 Å². The van der Waals surface area contributed by atoms with Crippen molar-refractivity contribution in [1.29, 1.82) is 0 Å². The van der Waals surface area contributed by atoms with Crippen LogP contribution in [0.4, 0.5) is 0 Å². The minimum absolute atomic E-state index is 0.142. The van der Waals surface area contributed by atoms with Gasteiger partial charge in [-0.1, -0.05) is 30.3 Å². The van der Waals surface area contributed by atoms with E-state index in [2.05, 4.69) is 0 Å². The number of ether oxygens (including phenoxy) is 3. The average Bonchev–Trinajstić information content (AvgIpc) is 2.53. The van der Waals surface area contributed by atoms with Gasteiger partial charge in [0.05, 0.1) is 20.8 Å². The molecule has 2 rings (SSSR count). The molecule has 0 aromatic heterocycles. The van der Waals surface area contributed by atoms with Crippen LogP contribution < -0.4 is 14.2 Å². The Morgan fingerprint density at radius 3 is 2.29 bits per heavy atom. The molecule has 0 amide bonds. The highest BCUT2D eigenvalue weighted by atomic mass is 16.5. The van der Waals surface area contributed by atoms with E-state index in [0.29, 0.717) is 29.4 Å². The largest absolute Gasteiger partial charge is 0.496 e. The molecular weight excluding hydrogens is 268 g/mol. The normalized spacial score (nSPS) is 10.3. The van der Waals surface area contributed by atoms with Crippen LogP contribution >= 0.6 is 0 Å². The lowest BCUT2D eigenvalue weighted by atomic mass is 10.1. The highest BCUT2D eigenvalue weighted by Gasteiger charge is 2.18. The number of aliphatic hydroxyl groups excluding tert-OH is 1. The second-order valence-electron chi connectivity index (χ2n) is 4.66. The maximum atomic E-state index is 9.56. The van der Waals surface area contributed by atoms with Crippen LogP contribution in [0.15, 0.2) is 36.4 Å². The summed E-state index contributed by atoms with van der Waals surface area (Å²) in [6.07, 6.45) is 0. The summed E-state index contributed by atoms with van der Waals surface area (Å²) in [4.78, 5) is 0. The van der Waals surface area contributed by atoms with Crippen molar-refractivity contribution in [3.05, 3.63) is 53.1 Å². The average molecular weight is 288 g/mol. The van der Waals surface area contributed by atoms with Gasteiger partial charge in [-0.3, -0.25) is 0 Å². The van der Waals surface area contributed by atoms with E-state index in [4.69, 9.17) is 14.2 Å². The van der Waals surface area contributed by atoms with Crippen molar-refractivity contribution >= 4 is 0 Å². The summed E-state index contributed by atoms with van der Waals surface area (Å²) in [5, 5.41) is 9.56. The highest BCUT2D eigenvalue weighted by molar-refractivity contribution is 5.57. The summed E-state index contributed by atoms with van der Waals surface area (Å²) >= 11 is 0. The van der Waals surface area contributed by atoms with Crippen molar-refractivity contribution in [1.82, 2.24) is 0 Å². The lowest BCUT2D eigenvalue weighted by Crippen LogP contribution is -2.04. The summed E-state index contributed by atoms with van der Waals surface area (Å²) < 4.78 is 16.6. The maximum Gasteiger partial charge on any atom is 0.167 e. The van der Waals surface area contributed by atoms with Gasteiger partial charge in [0.15, 0.2) is 11.5 Å². The smallest absolute Gasteiger partial charge is 0.167 e. The van der Waals surface area contributed by atoms with Gasteiger partial charge < -0.3 is 19.3 Å². The molecule has 0 bridgehead atoms. The van der Waals surface area contributed by atoms with Crippen LogP contribution in [-0.2, 0) is 13.2 Å². The van der Waals surface area contributed by atoms with Crippen molar-refractivity contribution in [2.24, 2.45) is 0 Å². The summed E-state index contributed by atoms with van der Waals surface area (Å²) in [7, 11) is 3.17. The highest BCUT2D eigenvalue weighted by Crippen LogP contribution is 2.40. The molecule has 112 valence electrons. The van der Waals surface area contributed by atoms with Gasteiger partial charge in [0.1, 0.15) is 12.4 Å². The van der Waals surface area contributed by atoms with E-state index >= 15 is 0 Å². The zero-order chi connectivity index (χ0) is 15.2. The van der Waals surface area contributed by atoms with Gasteiger partial charge in [-0.25, -0.2) is 0 Å². The van der Waals surface area contributed by atoms with Crippen LogP contribution in [0.1, 0.15) is 16.7 Å². The van der Waals surface area contributed by atoms with Gasteiger partial charge in [0.25, 0.3) is 0 Å². The molecule has 2 aromatic carbocycles. The number of benzene rings is 2. The van der Waals surface area contributed by atoms with Gasteiger partial charge in [-0.15, -0.1) is 0 Å². The molecular formula is C17H20O4. The number of hydrogen-bond acceptors (Lipinski definition) is 4. The predicted octanol–water partition coefficient (Wildman–Crippen LogP) is 3.08. The van der Waals surface area contributed by atoms with Crippen molar-refractivity contribution < 1.29 is 19.3 Å². The molecule has 0 fully saturated rings. The van der Waals surface area contributed by atoms with Crippen LogP contribution in [-0.4, -0.2) is 19.3 Å². The SMILES string of the molecule is COc1cc(CO)c(OCc2ccccc2)c(OC)c1C. The lowest BCUT2D eigenvalue weighted by molar-refractivity contribution is 0.247. The molecule has 4 heteroatoms. The zero-order valence-electron chi connectivity index (χ0n) is 12.6. The number of methoxy groups -OCH3 is 2. The van der Waals surface area contributed by atoms with Gasteiger partial charge in [-0.2, -0.15) is 0 Å². The van der Waals surface area contributed by atoms with E-state index < -0.39 is 0 Å². The van der Waals surface area contributed by atoms with Gasteiger partial charge in [-0.05, 0) is 18.6 Å². The fraction of sp³-hybridized carbons (Fsp3) is 0.294. The van der Waals surface area contributed by atoms with Crippen LogP contribution in [0, 0.1) is 6.92 Å². The lowest BCUT2D eigenvalue weighted by Gasteiger charge is -2.18. The summed E-state index contributed by atoms with van der Waals surface area (Å²) in [5.74, 6) is 1.82. The molecule has 0 saturated carbocycles. The Kier molecular flexibility index (Phi) is 5.06. The minimum atomic E-state index is -0.142. The van der Waals surface area contributed by atoms with E-state index in [0.717, 1.165) is 11.1 Å². The Balaban J connectivity index is 2.35. The molecule has 21 heavy (non-hydrogen) atoms. The summed E-state index contributed by atoms with van der Waals surface area (Å²) in [5.41, 5.74) is 2.54. The quantitative estimate of drug-likeness (QED) is 0.887. The third-order valence-corrected chi connectivity index (χ3v) is 3.33. The molecule has 0 unspecified atom stereocenters. The molecule has 0 aliphatic heterocycles. The standard InChI is InChI=1S/C17H20O4/c1-12-15(19-2)9-14(10-18)17(16(12)20-3)21-11-13-7-5-4-6-8-13/h4-9,18H,10-11H2,1-3H3. The van der Waals surface area contributed by atoms with Gasteiger partial charge >= 0.3 is 0 Å². The first kappa shape index (κ1) is 15.2. The molecule has 0 aliphatic rings. The van der Waals surface area contributed by atoms with Gasteiger partial charge in [0, 0.05) is 11.1 Å². The predicted molar refractivity (Wildman–Crippen MR) is 81.0 cm³/mol. The molecule has 0 aliphatic carbocycles. The molecule has 0 spiro atoms. The summed E-state index contributed by atoms with van der Waals surface area (Å²) in [6.45, 7) is 2.17. The topological polar surface area (TPSA) is 47.9 Å². The van der Waals surface area contributed by atoms with E-state index in [1.54, 1.807) is 20.3 Å². The molecule has 0 radical (unpaired) electrons. The second-order valence-corrected chi connectivity index (χ2v) is 4.66. The third kappa shape index (κ3) is 3.28.